The maximum absolute atomic E-state index is 13.6. The van der Waals surface area contributed by atoms with E-state index < -0.39 is 153 Å². The van der Waals surface area contributed by atoms with Gasteiger partial charge in [-0.15, -0.1) is 0 Å². The van der Waals surface area contributed by atoms with E-state index in [2.05, 4.69) is 14.7 Å². The van der Waals surface area contributed by atoms with Crippen LogP contribution < -0.4 is 14.2 Å². The van der Waals surface area contributed by atoms with Gasteiger partial charge in [0.2, 0.25) is 18.3 Å². The number of carbonyl (C=O) groups excluding carboxylic acids is 10. The van der Waals surface area contributed by atoms with Gasteiger partial charge >= 0.3 is 53.7 Å². The highest BCUT2D eigenvalue weighted by Crippen LogP contribution is 2.68. The molecule has 0 unspecified atom stereocenters. The summed E-state index contributed by atoms with van der Waals surface area (Å²) in [6.45, 7) is 11.8. The van der Waals surface area contributed by atoms with Crippen LogP contribution in [0, 0.1) is 11.8 Å². The van der Waals surface area contributed by atoms with Crippen LogP contribution in [0.1, 0.15) is 168 Å². The highest BCUT2D eigenvalue weighted by atomic mass is 16.6. The van der Waals surface area contributed by atoms with Crippen molar-refractivity contribution in [3.63, 3.8) is 0 Å². The zero-order valence-corrected chi connectivity index (χ0v) is 68.6. The summed E-state index contributed by atoms with van der Waals surface area (Å²) in [7, 11) is 5.97. The molecule has 6 bridgehead atoms. The van der Waals surface area contributed by atoms with Gasteiger partial charge in [-0.1, -0.05) is 73.7 Å². The lowest BCUT2D eigenvalue weighted by Gasteiger charge is -2.61. The number of benzene rings is 4. The SMILES string of the molecule is CC(=O)C[C@H](OC(C)=O)C(=O)O[C@@H](C)C(=O)OC1=CC[C@@]2(O)[C@H]3Cc4ccc(CO)c5c4[C@@]2(CCN3C)[C@H]1O5.CC(=O)O[C@@H](C(=O)O[C@H](C(=O)O)c1ccccc1)[C@@H](C)C(=O)OC1=CC[C@@]2(O)[C@H]3Cc4ccc(CO)c5c4[C@@]2(CCN3C)[C@H]1O5.CC(=O)[C@H](C)OC(=O)C[C@H](C)C(=O)OC1=CC[C@@]2(O)[C@H]3Cc4ccc(CO)c5c4[C@@]2(CCN3C)[C@H]1O5. The maximum atomic E-state index is 13.6. The van der Waals surface area contributed by atoms with Crippen molar-refractivity contribution in [3.05, 3.63) is 158 Å². The second-order valence-electron chi connectivity index (χ2n) is 33.8. The van der Waals surface area contributed by atoms with E-state index in [1.807, 2.05) is 51.5 Å². The second kappa shape index (κ2) is 32.6. The van der Waals surface area contributed by atoms with E-state index in [9.17, 15) is 88.5 Å². The first-order chi connectivity index (χ1) is 56.9. The smallest absolute Gasteiger partial charge is 0.352 e. The predicted molar refractivity (Wildman–Crippen MR) is 415 cm³/mol. The molecule has 4 aromatic carbocycles. The number of carbonyl (C=O) groups is 11. The van der Waals surface area contributed by atoms with Gasteiger partial charge in [0.15, 0.2) is 36.3 Å². The summed E-state index contributed by atoms with van der Waals surface area (Å²) in [5.41, 5.74) is 1.48. The number of rotatable bonds is 24. The number of ketones is 2. The number of carboxylic acids is 1. The summed E-state index contributed by atoms with van der Waals surface area (Å²) in [6.07, 6.45) is -1.12. The Balaban J connectivity index is 0.000000148. The number of ether oxygens (including phenoxy) is 11. The number of esters is 8. The Morgan fingerprint density at radius 2 is 0.867 bits per heavy atom. The molecule has 4 aromatic rings. The fourth-order valence-corrected chi connectivity index (χ4v) is 20.8. The first-order valence-corrected chi connectivity index (χ1v) is 40.4. The lowest BCUT2D eigenvalue weighted by Crippen LogP contribution is -2.74. The standard InChI is InChI=1S/C33H35NO11.C28H33NO10.C27H33NO8/c1-17(25(42-18(2)36)31(40)45-27(29(37)38)19-7-5-4-6-8-19)30(39)43-22-11-12-33(41)23-15-20-9-10-21(16-35)26-24(20)32(33,28(22)44-26)13-14-34(23)3;1-14(31)11-20(37-16(3)32)26(34)36-15(2)25(33)38-19-7-8-28(35)21-12-17-5-6-18(13-30)23-22(17)27(28,24(19)39-23)9-10-29(21)4;1-14(11-21(31)34-16(3)15(2)30)25(32)35-19-7-8-27(33)20-12-17-5-6-18(13-29)23-22(17)26(27,24(19)36-23)9-10-28(20)4/h4-11,17,23,25,27-28,35,41H,12-16H2,1-3H3,(H,37,38);5-7,15,20-21,24,30,35H,8-13H2,1-4H3;5-7,14,16,20,24,29,33H,8-13H2,1-4H3/t17-,23-,25-,27+,28+,32+,33-;15-,20-,21+,24-,27-,28+;14-,16-,20+,24-,26-,27+/m100/s1. The first kappa shape index (κ1) is 86.1. The van der Waals surface area contributed by atoms with E-state index in [0.717, 1.165) is 53.8 Å². The Labute approximate surface area is 691 Å². The van der Waals surface area contributed by atoms with Crippen LogP contribution in [0.2, 0.25) is 0 Å². The molecule has 0 amide bonds. The number of piperidine rings is 3. The molecule has 0 aromatic heterocycles. The monoisotopic (exact) mass is 1660 g/mol. The molecule has 6 heterocycles. The first-order valence-electron chi connectivity index (χ1n) is 40.4. The van der Waals surface area contributed by atoms with Gasteiger partial charge in [0.1, 0.15) is 46.2 Å². The van der Waals surface area contributed by atoms with Gasteiger partial charge in [0.25, 0.3) is 0 Å². The minimum atomic E-state index is -1.81. The van der Waals surface area contributed by atoms with E-state index >= 15 is 0 Å². The fraction of sp³-hybridized carbons (Fsp3) is 0.534. The summed E-state index contributed by atoms with van der Waals surface area (Å²) >= 11 is 0. The van der Waals surface area contributed by atoms with Crippen molar-refractivity contribution >= 4 is 65.3 Å². The number of likely N-dealkylation sites (tertiary alicyclic amines) is 3. The van der Waals surface area contributed by atoms with Crippen LogP contribution in [0.25, 0.3) is 0 Å². The van der Waals surface area contributed by atoms with Gasteiger partial charge in [-0.3, -0.25) is 33.6 Å². The Bertz CT molecular complexity index is 4960. The van der Waals surface area contributed by atoms with Crippen LogP contribution >= 0.6 is 0 Å². The third kappa shape index (κ3) is 14.0. The van der Waals surface area contributed by atoms with Crippen molar-refractivity contribution in [1.29, 1.82) is 0 Å². The van der Waals surface area contributed by atoms with Crippen LogP contribution in [0.5, 0.6) is 17.2 Å². The summed E-state index contributed by atoms with van der Waals surface area (Å²) in [5, 5.41) is 76.6. The topological polar surface area (TPSA) is 441 Å². The van der Waals surface area contributed by atoms with E-state index in [1.54, 1.807) is 49.4 Å². The van der Waals surface area contributed by atoms with Gasteiger partial charge in [0.05, 0.1) is 71.6 Å². The Hall–Kier alpha value is -10.3. The quantitative estimate of drug-likeness (QED) is 0.0379. The number of nitrogens with zero attached hydrogens (tertiary/aromatic N) is 3. The Morgan fingerprint density at radius 1 is 0.467 bits per heavy atom. The highest BCUT2D eigenvalue weighted by molar-refractivity contribution is 5.90. The number of hydrogen-bond acceptors (Lipinski definition) is 31. The van der Waals surface area contributed by atoms with Crippen LogP contribution in [-0.2, 0) is 146 Å². The van der Waals surface area contributed by atoms with Crippen molar-refractivity contribution < 1.29 is 141 Å². The summed E-state index contributed by atoms with van der Waals surface area (Å²) in [5.74, 6) is -9.15. The van der Waals surface area contributed by atoms with E-state index in [4.69, 9.17) is 52.1 Å². The molecule has 642 valence electrons. The molecule has 3 fully saturated rings. The molecule has 32 heteroatoms. The average molecular weight is 1660 g/mol. The second-order valence-corrected chi connectivity index (χ2v) is 33.8. The summed E-state index contributed by atoms with van der Waals surface area (Å²) in [4.78, 5) is 142. The molecular formula is C88H101N3O29. The van der Waals surface area contributed by atoms with Crippen LogP contribution in [-0.4, -0.2) is 234 Å². The molecule has 0 radical (unpaired) electrons. The number of carboxylic acid groups (broad SMARTS) is 1. The number of aliphatic hydroxyl groups is 6. The summed E-state index contributed by atoms with van der Waals surface area (Å²) < 4.78 is 62.4. The van der Waals surface area contributed by atoms with Crippen molar-refractivity contribution in [2.45, 2.75) is 246 Å². The third-order valence-electron chi connectivity index (χ3n) is 26.9. The lowest BCUT2D eigenvalue weighted by atomic mass is 9.50. The maximum Gasteiger partial charge on any atom is 0.352 e. The van der Waals surface area contributed by atoms with Crippen molar-refractivity contribution in [2.75, 3.05) is 40.8 Å². The molecule has 16 rings (SSSR count). The van der Waals surface area contributed by atoms with Gasteiger partial charge in [-0.05, 0) is 149 Å². The molecule has 0 saturated carbocycles. The van der Waals surface area contributed by atoms with Gasteiger partial charge in [0, 0.05) is 90.2 Å². The normalized spacial score (nSPS) is 29.6. The van der Waals surface area contributed by atoms with E-state index in [-0.39, 0.29) is 86.5 Å². The van der Waals surface area contributed by atoms with Crippen LogP contribution in [0.4, 0.5) is 0 Å². The van der Waals surface area contributed by atoms with Crippen LogP contribution in [0.15, 0.2) is 102 Å². The van der Waals surface area contributed by atoms with E-state index in [1.165, 1.54) is 46.8 Å². The molecule has 6 aliphatic carbocycles. The molecular weight excluding hydrogens is 1560 g/mol. The fourth-order valence-electron chi connectivity index (χ4n) is 20.8. The highest BCUT2D eigenvalue weighted by Gasteiger charge is 2.75. The van der Waals surface area contributed by atoms with Gasteiger partial charge in [-0.2, -0.15) is 0 Å². The van der Waals surface area contributed by atoms with Crippen molar-refractivity contribution in [1.82, 2.24) is 14.7 Å². The van der Waals surface area contributed by atoms with Crippen molar-refractivity contribution in [2.24, 2.45) is 11.8 Å². The van der Waals surface area contributed by atoms with Crippen molar-refractivity contribution in [3.8, 4) is 17.2 Å². The van der Waals surface area contributed by atoms with E-state index in [0.29, 0.717) is 97.7 Å². The molecule has 32 nitrogen and oxygen atoms in total. The molecule has 120 heavy (non-hydrogen) atoms. The molecule has 3 saturated heterocycles. The predicted octanol–water partition coefficient (Wildman–Crippen LogP) is 4.33. The Morgan fingerprint density at radius 3 is 1.24 bits per heavy atom. The zero-order chi connectivity index (χ0) is 86.5. The van der Waals surface area contributed by atoms with Crippen LogP contribution in [0.3, 0.4) is 0 Å². The summed E-state index contributed by atoms with van der Waals surface area (Å²) in [6, 6.07) is 18.6. The third-order valence-corrected chi connectivity index (χ3v) is 26.9. The molecule has 7 N–H and O–H groups in total. The largest absolute Gasteiger partial charge is 0.481 e. The lowest BCUT2D eigenvalue weighted by molar-refractivity contribution is -0.184. The minimum absolute atomic E-state index is 0.124. The molecule has 19 atom stereocenters. The molecule has 12 aliphatic rings. The number of aliphatic hydroxyl groups excluding tert-OH is 3. The molecule has 6 aliphatic heterocycles. The number of aliphatic carboxylic acids is 1. The zero-order valence-electron chi connectivity index (χ0n) is 68.6. The van der Waals surface area contributed by atoms with Gasteiger partial charge in [-0.25, -0.2) is 19.2 Å². The number of likely N-dealkylation sites (N-methyl/N-ethyl adjacent to an activating group) is 3. The minimum Gasteiger partial charge on any atom is -0.481 e. The number of hydrogen-bond donors (Lipinski definition) is 7. The molecule has 3 spiro atoms. The average Bonchev–Trinajstić information content (AvgIpc) is 1.59. The number of Topliss-reactive ketones (excluding diaryl/α,β-unsaturated/α-hetero) is 2. The van der Waals surface area contributed by atoms with Gasteiger partial charge < -0.3 is 103 Å². The Kier molecular flexibility index (Phi) is 23.4.